The molecule has 1 rings (SSSR count). The van der Waals surface area contributed by atoms with Gasteiger partial charge in [-0.1, -0.05) is 0 Å². The summed E-state index contributed by atoms with van der Waals surface area (Å²) < 4.78 is 4.48. The standard InChI is InChI=1S/C4H6O4/c5-1-2-3(8-2)4(6)7/h2-3,5H,1H2,(H,6,7)/t2-,3-/m1/s1. The Labute approximate surface area is 45.7 Å². The molecule has 2 atom stereocenters. The Hall–Kier alpha value is -0.610. The lowest BCUT2D eigenvalue weighted by atomic mass is 10.3. The van der Waals surface area contributed by atoms with E-state index in [1.807, 2.05) is 0 Å². The van der Waals surface area contributed by atoms with E-state index in [1.54, 1.807) is 0 Å². The maximum Gasteiger partial charge on any atom is 0.335 e. The summed E-state index contributed by atoms with van der Waals surface area (Å²) >= 11 is 0. The molecule has 1 aliphatic heterocycles. The Morgan fingerprint density at radius 1 is 1.75 bits per heavy atom. The van der Waals surface area contributed by atoms with Crippen LogP contribution in [0.15, 0.2) is 0 Å². The third-order valence-electron chi connectivity index (χ3n) is 1.01. The number of carbonyl (C=O) groups is 1. The van der Waals surface area contributed by atoms with E-state index in [4.69, 9.17) is 10.2 Å². The molecule has 0 aromatic heterocycles. The summed E-state index contributed by atoms with van der Waals surface area (Å²) in [5, 5.41) is 16.4. The van der Waals surface area contributed by atoms with Crippen LogP contribution < -0.4 is 0 Å². The molecular weight excluding hydrogens is 112 g/mol. The molecule has 0 aromatic carbocycles. The summed E-state index contributed by atoms with van der Waals surface area (Å²) in [4.78, 5) is 9.89. The first-order valence-corrected chi connectivity index (χ1v) is 2.25. The summed E-state index contributed by atoms with van der Waals surface area (Å²) in [6.45, 7) is -0.197. The second-order valence-electron chi connectivity index (χ2n) is 1.62. The number of aliphatic hydroxyl groups excluding tert-OH is 1. The molecule has 0 radical (unpaired) electrons. The van der Waals surface area contributed by atoms with Gasteiger partial charge in [0, 0.05) is 0 Å². The van der Waals surface area contributed by atoms with Gasteiger partial charge < -0.3 is 14.9 Å². The quantitative estimate of drug-likeness (QED) is 0.448. The van der Waals surface area contributed by atoms with Crippen LogP contribution in [-0.4, -0.2) is 35.0 Å². The Morgan fingerprint density at radius 2 is 2.38 bits per heavy atom. The van der Waals surface area contributed by atoms with Crippen molar-refractivity contribution in [2.24, 2.45) is 0 Å². The first-order chi connectivity index (χ1) is 3.75. The van der Waals surface area contributed by atoms with E-state index in [0.717, 1.165) is 0 Å². The summed E-state index contributed by atoms with van der Waals surface area (Å²) in [6.07, 6.45) is -1.20. The Kier molecular flexibility index (Phi) is 1.19. The van der Waals surface area contributed by atoms with E-state index in [-0.39, 0.29) is 6.61 Å². The number of aliphatic carboxylic acids is 1. The smallest absolute Gasteiger partial charge is 0.335 e. The summed E-state index contributed by atoms with van der Waals surface area (Å²) in [5.41, 5.74) is 0. The molecule has 1 saturated heterocycles. The third kappa shape index (κ3) is 0.801. The fraction of sp³-hybridized carbons (Fsp3) is 0.750. The van der Waals surface area contributed by atoms with Gasteiger partial charge in [-0.25, -0.2) is 4.79 Å². The maximum absolute atomic E-state index is 9.89. The maximum atomic E-state index is 9.89. The van der Waals surface area contributed by atoms with Gasteiger partial charge in [0.2, 0.25) is 0 Å². The molecule has 0 bridgehead atoms. The van der Waals surface area contributed by atoms with Crippen LogP contribution in [0, 0.1) is 0 Å². The normalized spacial score (nSPS) is 34.6. The zero-order chi connectivity index (χ0) is 6.15. The number of hydrogen-bond donors (Lipinski definition) is 2. The largest absolute Gasteiger partial charge is 0.479 e. The number of carboxylic acid groups (broad SMARTS) is 1. The van der Waals surface area contributed by atoms with Crippen molar-refractivity contribution in [3.05, 3.63) is 0 Å². The van der Waals surface area contributed by atoms with E-state index in [0.29, 0.717) is 0 Å². The van der Waals surface area contributed by atoms with Crippen LogP contribution in [-0.2, 0) is 9.53 Å². The molecule has 4 heteroatoms. The average Bonchev–Trinajstić information content (AvgIpc) is 2.42. The molecule has 0 aromatic rings. The van der Waals surface area contributed by atoms with Gasteiger partial charge in [-0.2, -0.15) is 0 Å². The van der Waals surface area contributed by atoms with Gasteiger partial charge in [-0.3, -0.25) is 0 Å². The Balaban J connectivity index is 2.26. The van der Waals surface area contributed by atoms with E-state index in [1.165, 1.54) is 0 Å². The Bertz CT molecular complexity index is 111. The first kappa shape index (κ1) is 5.53. The van der Waals surface area contributed by atoms with Gasteiger partial charge in [0.15, 0.2) is 6.10 Å². The molecule has 1 fully saturated rings. The van der Waals surface area contributed by atoms with E-state index in [2.05, 4.69) is 4.74 Å². The van der Waals surface area contributed by atoms with Crippen molar-refractivity contribution in [2.75, 3.05) is 6.61 Å². The Morgan fingerprint density at radius 3 is 2.50 bits per heavy atom. The SMILES string of the molecule is O=C(O)[C@@H]1O[C@@H]1CO. The molecule has 4 nitrogen and oxygen atoms in total. The molecule has 2 N–H and O–H groups in total. The number of rotatable bonds is 2. The molecule has 0 aliphatic carbocycles. The molecule has 0 saturated carbocycles. The highest BCUT2D eigenvalue weighted by atomic mass is 16.6. The highest BCUT2D eigenvalue weighted by Crippen LogP contribution is 2.20. The minimum Gasteiger partial charge on any atom is -0.479 e. The van der Waals surface area contributed by atoms with E-state index < -0.39 is 18.2 Å². The van der Waals surface area contributed by atoms with Crippen LogP contribution in [0.1, 0.15) is 0 Å². The highest BCUT2D eigenvalue weighted by Gasteiger charge is 2.44. The van der Waals surface area contributed by atoms with E-state index in [9.17, 15) is 4.79 Å². The summed E-state index contributed by atoms with van der Waals surface area (Å²) in [7, 11) is 0. The van der Waals surface area contributed by atoms with Crippen molar-refractivity contribution >= 4 is 5.97 Å². The lowest BCUT2D eigenvalue weighted by Crippen LogP contribution is -2.09. The van der Waals surface area contributed by atoms with Crippen molar-refractivity contribution in [2.45, 2.75) is 12.2 Å². The zero-order valence-corrected chi connectivity index (χ0v) is 4.07. The predicted molar refractivity (Wildman–Crippen MR) is 23.4 cm³/mol. The van der Waals surface area contributed by atoms with Gasteiger partial charge in [0.1, 0.15) is 6.10 Å². The molecule has 0 amide bonds. The molecular formula is C4H6O4. The summed E-state index contributed by atoms with van der Waals surface area (Å²) in [5.74, 6) is -0.996. The molecule has 1 aliphatic rings. The summed E-state index contributed by atoms with van der Waals surface area (Å²) in [6, 6.07) is 0. The number of hydrogen-bond acceptors (Lipinski definition) is 3. The van der Waals surface area contributed by atoms with Gasteiger partial charge in [-0.05, 0) is 0 Å². The van der Waals surface area contributed by atoms with E-state index >= 15 is 0 Å². The fourth-order valence-electron chi connectivity index (χ4n) is 0.499. The molecule has 8 heavy (non-hydrogen) atoms. The minimum absolute atomic E-state index is 0.197. The van der Waals surface area contributed by atoms with Crippen molar-refractivity contribution in [3.8, 4) is 0 Å². The topological polar surface area (TPSA) is 70.1 Å². The fourth-order valence-corrected chi connectivity index (χ4v) is 0.499. The van der Waals surface area contributed by atoms with Crippen LogP contribution in [0.25, 0.3) is 0 Å². The van der Waals surface area contributed by atoms with Crippen LogP contribution in [0.2, 0.25) is 0 Å². The van der Waals surface area contributed by atoms with Crippen molar-refractivity contribution < 1.29 is 19.7 Å². The number of aliphatic hydroxyl groups is 1. The van der Waals surface area contributed by atoms with Crippen molar-refractivity contribution in [1.29, 1.82) is 0 Å². The highest BCUT2D eigenvalue weighted by molar-refractivity contribution is 5.75. The van der Waals surface area contributed by atoms with Crippen LogP contribution >= 0.6 is 0 Å². The molecule has 46 valence electrons. The van der Waals surface area contributed by atoms with Crippen molar-refractivity contribution in [1.82, 2.24) is 0 Å². The lowest BCUT2D eigenvalue weighted by Gasteiger charge is -1.78. The van der Waals surface area contributed by atoms with Gasteiger partial charge in [0.25, 0.3) is 0 Å². The minimum atomic E-state index is -0.996. The van der Waals surface area contributed by atoms with Gasteiger partial charge in [-0.15, -0.1) is 0 Å². The first-order valence-electron chi connectivity index (χ1n) is 2.25. The zero-order valence-electron chi connectivity index (χ0n) is 4.07. The third-order valence-corrected chi connectivity index (χ3v) is 1.01. The molecule has 0 unspecified atom stereocenters. The number of carboxylic acids is 1. The van der Waals surface area contributed by atoms with Gasteiger partial charge >= 0.3 is 5.97 Å². The monoisotopic (exact) mass is 118 g/mol. The molecule has 1 heterocycles. The van der Waals surface area contributed by atoms with Crippen LogP contribution in [0.3, 0.4) is 0 Å². The second kappa shape index (κ2) is 1.72. The lowest BCUT2D eigenvalue weighted by molar-refractivity contribution is -0.138. The van der Waals surface area contributed by atoms with Crippen LogP contribution in [0.4, 0.5) is 0 Å². The number of epoxide rings is 1. The second-order valence-corrected chi connectivity index (χ2v) is 1.62. The number of ether oxygens (including phenoxy) is 1. The van der Waals surface area contributed by atoms with Crippen LogP contribution in [0.5, 0.6) is 0 Å². The van der Waals surface area contributed by atoms with Gasteiger partial charge in [0.05, 0.1) is 6.61 Å². The average molecular weight is 118 g/mol. The molecule has 0 spiro atoms. The predicted octanol–water partition coefficient (Wildman–Crippen LogP) is -1.17. The van der Waals surface area contributed by atoms with Crippen molar-refractivity contribution in [3.63, 3.8) is 0 Å².